The number of aromatic nitrogens is 2. The summed E-state index contributed by atoms with van der Waals surface area (Å²) >= 11 is 3.45. The normalized spacial score (nSPS) is 11.9. The van der Waals surface area contributed by atoms with Gasteiger partial charge in [-0.2, -0.15) is 0 Å². The molecule has 26 heavy (non-hydrogen) atoms. The number of hydrogen-bond acceptors (Lipinski definition) is 5. The highest BCUT2D eigenvalue weighted by Crippen LogP contribution is 2.22. The Morgan fingerprint density at radius 1 is 1.19 bits per heavy atom. The zero-order valence-electron chi connectivity index (χ0n) is 14.2. The van der Waals surface area contributed by atoms with E-state index in [-0.39, 0.29) is 11.7 Å². The highest BCUT2D eigenvalue weighted by atomic mass is 127. The second-order valence-electron chi connectivity index (χ2n) is 5.82. The smallest absolute Gasteiger partial charge is 0.277 e. The van der Waals surface area contributed by atoms with Gasteiger partial charge >= 0.3 is 0 Å². The van der Waals surface area contributed by atoms with E-state index in [2.05, 4.69) is 57.2 Å². The van der Waals surface area contributed by atoms with E-state index in [1.807, 2.05) is 42.5 Å². The maximum atomic E-state index is 12.0. The van der Waals surface area contributed by atoms with Gasteiger partial charge in [0.1, 0.15) is 0 Å². The fourth-order valence-electron chi connectivity index (χ4n) is 2.43. The van der Waals surface area contributed by atoms with Crippen molar-refractivity contribution in [1.82, 2.24) is 10.2 Å². The predicted octanol–water partition coefficient (Wildman–Crippen LogP) is 4.75. The number of amides is 1. The average molecular weight is 479 g/mol. The van der Waals surface area contributed by atoms with Gasteiger partial charge in [0.05, 0.1) is 5.75 Å². The molecule has 3 rings (SSSR count). The summed E-state index contributed by atoms with van der Waals surface area (Å²) < 4.78 is 6.73. The van der Waals surface area contributed by atoms with Crippen LogP contribution in [0.1, 0.15) is 24.3 Å². The summed E-state index contributed by atoms with van der Waals surface area (Å²) in [6.07, 6.45) is 0.673. The van der Waals surface area contributed by atoms with Crippen molar-refractivity contribution in [3.63, 3.8) is 0 Å². The highest BCUT2D eigenvalue weighted by molar-refractivity contribution is 14.1. The monoisotopic (exact) mass is 479 g/mol. The minimum absolute atomic E-state index is 0.102. The number of carbonyl (C=O) groups is 1. The summed E-state index contributed by atoms with van der Waals surface area (Å²) in [5, 5.41) is 11.4. The molecule has 1 atom stereocenters. The number of hydrogen-bond donors (Lipinski definition) is 1. The molecule has 0 spiro atoms. The molecule has 2 aromatic carbocycles. The van der Waals surface area contributed by atoms with Crippen LogP contribution in [0, 0.1) is 3.57 Å². The number of nitrogens with zero attached hydrogens (tertiary/aromatic N) is 2. The first-order chi connectivity index (χ1) is 12.6. The van der Waals surface area contributed by atoms with Crippen LogP contribution in [-0.2, 0) is 11.2 Å². The summed E-state index contributed by atoms with van der Waals surface area (Å²) in [6, 6.07) is 17.9. The third-order valence-electron chi connectivity index (χ3n) is 3.73. The predicted molar refractivity (Wildman–Crippen MR) is 111 cm³/mol. The highest BCUT2D eigenvalue weighted by Gasteiger charge is 2.13. The van der Waals surface area contributed by atoms with E-state index < -0.39 is 0 Å². The third kappa shape index (κ3) is 5.57. The van der Waals surface area contributed by atoms with E-state index in [0.29, 0.717) is 23.5 Å². The first kappa shape index (κ1) is 18.9. The van der Waals surface area contributed by atoms with Crippen LogP contribution in [0.4, 0.5) is 5.69 Å². The van der Waals surface area contributed by atoms with Gasteiger partial charge in [-0.05, 0) is 52.3 Å². The summed E-state index contributed by atoms with van der Waals surface area (Å²) in [6.45, 7) is 2.13. The molecule has 1 amide bonds. The molecule has 0 radical (unpaired) electrons. The molecule has 0 saturated heterocycles. The van der Waals surface area contributed by atoms with Crippen molar-refractivity contribution in [2.45, 2.75) is 24.5 Å². The van der Waals surface area contributed by atoms with Gasteiger partial charge < -0.3 is 9.73 Å². The van der Waals surface area contributed by atoms with Crippen molar-refractivity contribution < 1.29 is 9.21 Å². The molecule has 0 unspecified atom stereocenters. The number of benzene rings is 2. The second kappa shape index (κ2) is 9.18. The van der Waals surface area contributed by atoms with Gasteiger partial charge in [0.15, 0.2) is 0 Å². The quantitative estimate of drug-likeness (QED) is 0.391. The molecular formula is C19H18IN3O2S. The summed E-state index contributed by atoms with van der Waals surface area (Å²) in [7, 11) is 0. The number of carbonyl (C=O) groups excluding carboxylic acids is 1. The molecule has 0 aliphatic heterocycles. The van der Waals surface area contributed by atoms with Gasteiger partial charge in [0.2, 0.25) is 11.8 Å². The number of halogens is 1. The number of thioether (sulfide) groups is 1. The Kier molecular flexibility index (Phi) is 6.67. The van der Waals surface area contributed by atoms with E-state index in [4.69, 9.17) is 4.42 Å². The maximum absolute atomic E-state index is 12.0. The SMILES string of the molecule is C[C@H](Cc1nnc(SCC(=O)Nc2cccc(I)c2)o1)c1ccccc1. The van der Waals surface area contributed by atoms with Crippen molar-refractivity contribution in [3.05, 3.63) is 69.6 Å². The Morgan fingerprint density at radius 3 is 2.77 bits per heavy atom. The third-order valence-corrected chi connectivity index (χ3v) is 5.22. The van der Waals surface area contributed by atoms with E-state index >= 15 is 0 Å². The van der Waals surface area contributed by atoms with Gasteiger partial charge in [-0.1, -0.05) is 55.1 Å². The Hall–Kier alpha value is -1.87. The van der Waals surface area contributed by atoms with Crippen molar-refractivity contribution in [3.8, 4) is 0 Å². The van der Waals surface area contributed by atoms with Crippen LogP contribution in [0.5, 0.6) is 0 Å². The Morgan fingerprint density at radius 2 is 2.00 bits per heavy atom. The van der Waals surface area contributed by atoms with Crippen LogP contribution in [-0.4, -0.2) is 21.9 Å². The lowest BCUT2D eigenvalue weighted by molar-refractivity contribution is -0.113. The zero-order valence-corrected chi connectivity index (χ0v) is 17.2. The van der Waals surface area contributed by atoms with Gasteiger partial charge in [0, 0.05) is 15.7 Å². The van der Waals surface area contributed by atoms with Crippen LogP contribution < -0.4 is 5.32 Å². The van der Waals surface area contributed by atoms with Crippen LogP contribution in [0.2, 0.25) is 0 Å². The molecule has 0 bridgehead atoms. The van der Waals surface area contributed by atoms with Gasteiger partial charge in [-0.25, -0.2) is 0 Å². The lowest BCUT2D eigenvalue weighted by Crippen LogP contribution is -2.14. The van der Waals surface area contributed by atoms with E-state index in [0.717, 1.165) is 9.26 Å². The van der Waals surface area contributed by atoms with Gasteiger partial charge in [0.25, 0.3) is 5.22 Å². The zero-order chi connectivity index (χ0) is 18.4. The molecule has 1 heterocycles. The molecule has 0 aliphatic rings. The van der Waals surface area contributed by atoms with Gasteiger partial charge in [-0.15, -0.1) is 10.2 Å². The minimum Gasteiger partial charge on any atom is -0.416 e. The number of nitrogens with one attached hydrogen (secondary N) is 1. The Labute approximate surface area is 170 Å². The molecule has 134 valence electrons. The first-order valence-corrected chi connectivity index (χ1v) is 10.2. The lowest BCUT2D eigenvalue weighted by Gasteiger charge is -2.08. The van der Waals surface area contributed by atoms with Gasteiger partial charge in [-0.3, -0.25) is 4.79 Å². The second-order valence-corrected chi connectivity index (χ2v) is 8.00. The minimum atomic E-state index is -0.102. The van der Waals surface area contributed by atoms with Crippen molar-refractivity contribution in [1.29, 1.82) is 0 Å². The van der Waals surface area contributed by atoms with Crippen LogP contribution in [0.25, 0.3) is 0 Å². The summed E-state index contributed by atoms with van der Waals surface area (Å²) in [4.78, 5) is 12.0. The molecule has 1 N–H and O–H groups in total. The van der Waals surface area contributed by atoms with Crippen LogP contribution in [0.3, 0.4) is 0 Å². The average Bonchev–Trinajstić information content (AvgIpc) is 3.08. The standard InChI is InChI=1S/C19H18IN3O2S/c1-13(14-6-3-2-4-7-14)10-18-22-23-19(25-18)26-12-17(24)21-16-9-5-8-15(20)11-16/h2-9,11,13H,10,12H2,1H3,(H,21,24)/t13-/m1/s1. The summed E-state index contributed by atoms with van der Waals surface area (Å²) in [5.41, 5.74) is 2.02. The molecule has 0 aliphatic carbocycles. The molecule has 3 aromatic rings. The van der Waals surface area contributed by atoms with E-state index in [1.165, 1.54) is 17.3 Å². The lowest BCUT2D eigenvalue weighted by atomic mass is 9.98. The number of anilines is 1. The van der Waals surface area contributed by atoms with Crippen molar-refractivity contribution in [2.24, 2.45) is 0 Å². The molecule has 7 heteroatoms. The Balaban J connectivity index is 1.50. The van der Waals surface area contributed by atoms with Crippen LogP contribution in [0.15, 0.2) is 64.2 Å². The molecule has 1 aromatic heterocycles. The topological polar surface area (TPSA) is 68.0 Å². The molecule has 0 saturated carbocycles. The molecule has 0 fully saturated rings. The van der Waals surface area contributed by atoms with Crippen LogP contribution >= 0.6 is 34.4 Å². The van der Waals surface area contributed by atoms with Crippen molar-refractivity contribution >= 4 is 45.9 Å². The fourth-order valence-corrected chi connectivity index (χ4v) is 3.55. The summed E-state index contributed by atoms with van der Waals surface area (Å²) in [5.74, 6) is 0.996. The largest absolute Gasteiger partial charge is 0.416 e. The molecule has 5 nitrogen and oxygen atoms in total. The number of rotatable bonds is 7. The first-order valence-electron chi connectivity index (χ1n) is 8.15. The maximum Gasteiger partial charge on any atom is 0.277 e. The van der Waals surface area contributed by atoms with E-state index in [9.17, 15) is 4.79 Å². The van der Waals surface area contributed by atoms with E-state index in [1.54, 1.807) is 0 Å². The fraction of sp³-hybridized carbons (Fsp3) is 0.211. The Bertz CT molecular complexity index is 870. The molecular weight excluding hydrogens is 461 g/mol. The van der Waals surface area contributed by atoms with Crippen molar-refractivity contribution in [2.75, 3.05) is 11.1 Å².